The van der Waals surface area contributed by atoms with Crippen molar-refractivity contribution in [3.05, 3.63) is 28.0 Å². The van der Waals surface area contributed by atoms with Crippen molar-refractivity contribution in [3.63, 3.8) is 0 Å². The molecule has 0 saturated carbocycles. The highest BCUT2D eigenvalue weighted by Crippen LogP contribution is 2.26. The van der Waals surface area contributed by atoms with Crippen molar-refractivity contribution in [2.75, 3.05) is 0 Å². The molecule has 3 N–H and O–H groups in total. The number of aromatic nitrogens is 2. The van der Waals surface area contributed by atoms with Crippen LogP contribution in [0.1, 0.15) is 25.6 Å². The van der Waals surface area contributed by atoms with Gasteiger partial charge in [-0.05, 0) is 18.6 Å². The predicted molar refractivity (Wildman–Crippen MR) is 72.7 cm³/mol. The number of rotatable bonds is 4. The molecule has 0 bridgehead atoms. The number of imidazole rings is 1. The quantitative estimate of drug-likeness (QED) is 0.894. The lowest BCUT2D eigenvalue weighted by atomic mass is 10.1. The number of benzene rings is 1. The van der Waals surface area contributed by atoms with E-state index in [4.69, 9.17) is 28.9 Å². The average Bonchev–Trinajstić information content (AvgIpc) is 2.60. The first-order chi connectivity index (χ1) is 8.10. The molecule has 0 aliphatic carbocycles. The Morgan fingerprint density at radius 2 is 2.06 bits per heavy atom. The standard InChI is InChI=1S/C12H15Cl2N3/c1-2-3-7(15)4-12-16-10-5-8(13)9(14)6-11(10)17-12/h5-7H,2-4,15H2,1H3,(H,16,17). The number of nitrogens with zero attached hydrogens (tertiary/aromatic N) is 1. The lowest BCUT2D eigenvalue weighted by molar-refractivity contribution is 0.588. The van der Waals surface area contributed by atoms with E-state index >= 15 is 0 Å². The Labute approximate surface area is 110 Å². The summed E-state index contributed by atoms with van der Waals surface area (Å²) in [5.74, 6) is 0.888. The Hall–Kier alpha value is -0.770. The third-order valence-electron chi connectivity index (χ3n) is 2.69. The molecule has 0 spiro atoms. The smallest absolute Gasteiger partial charge is 0.108 e. The fourth-order valence-corrected chi connectivity index (χ4v) is 2.20. The first-order valence-electron chi connectivity index (χ1n) is 5.69. The number of aromatic amines is 1. The fraction of sp³-hybridized carbons (Fsp3) is 0.417. The van der Waals surface area contributed by atoms with Gasteiger partial charge in [0.05, 0.1) is 21.1 Å². The Kier molecular flexibility index (Phi) is 3.92. The second-order valence-electron chi connectivity index (χ2n) is 4.22. The molecule has 1 aromatic carbocycles. The van der Waals surface area contributed by atoms with E-state index in [0.717, 1.165) is 36.1 Å². The molecular formula is C12H15Cl2N3. The zero-order valence-electron chi connectivity index (χ0n) is 9.63. The van der Waals surface area contributed by atoms with Gasteiger partial charge in [0.2, 0.25) is 0 Å². The van der Waals surface area contributed by atoms with Crippen molar-refractivity contribution in [1.82, 2.24) is 9.97 Å². The van der Waals surface area contributed by atoms with E-state index in [0.29, 0.717) is 10.0 Å². The summed E-state index contributed by atoms with van der Waals surface area (Å²) in [7, 11) is 0. The number of nitrogens with two attached hydrogens (primary N) is 1. The van der Waals surface area contributed by atoms with Crippen molar-refractivity contribution < 1.29 is 0 Å². The fourth-order valence-electron chi connectivity index (χ4n) is 1.88. The molecule has 0 saturated heterocycles. The summed E-state index contributed by atoms with van der Waals surface area (Å²) >= 11 is 11.9. The molecule has 17 heavy (non-hydrogen) atoms. The Balaban J connectivity index is 2.25. The van der Waals surface area contributed by atoms with Gasteiger partial charge in [-0.15, -0.1) is 0 Å². The predicted octanol–water partition coefficient (Wildman–Crippen LogP) is 3.54. The maximum Gasteiger partial charge on any atom is 0.108 e. The molecule has 1 heterocycles. The molecule has 3 nitrogen and oxygen atoms in total. The van der Waals surface area contributed by atoms with Crippen LogP contribution in [0.25, 0.3) is 11.0 Å². The van der Waals surface area contributed by atoms with Gasteiger partial charge in [0, 0.05) is 12.5 Å². The zero-order chi connectivity index (χ0) is 12.4. The lowest BCUT2D eigenvalue weighted by Crippen LogP contribution is -2.22. The highest BCUT2D eigenvalue weighted by atomic mass is 35.5. The van der Waals surface area contributed by atoms with Gasteiger partial charge in [-0.3, -0.25) is 0 Å². The van der Waals surface area contributed by atoms with Crippen molar-refractivity contribution in [2.24, 2.45) is 5.73 Å². The van der Waals surface area contributed by atoms with Crippen LogP contribution in [0.3, 0.4) is 0 Å². The minimum atomic E-state index is 0.145. The van der Waals surface area contributed by atoms with E-state index < -0.39 is 0 Å². The molecular weight excluding hydrogens is 257 g/mol. The summed E-state index contributed by atoms with van der Waals surface area (Å²) in [6, 6.07) is 3.71. The third kappa shape index (κ3) is 2.92. The number of hydrogen-bond acceptors (Lipinski definition) is 2. The number of halogens is 2. The first kappa shape index (κ1) is 12.7. The Morgan fingerprint density at radius 3 is 2.76 bits per heavy atom. The monoisotopic (exact) mass is 271 g/mol. The Bertz CT molecular complexity index is 483. The number of nitrogens with one attached hydrogen (secondary N) is 1. The van der Waals surface area contributed by atoms with Gasteiger partial charge in [0.25, 0.3) is 0 Å². The van der Waals surface area contributed by atoms with E-state index in [2.05, 4.69) is 16.9 Å². The second kappa shape index (κ2) is 5.25. The molecule has 0 amide bonds. The summed E-state index contributed by atoms with van der Waals surface area (Å²) < 4.78 is 0. The third-order valence-corrected chi connectivity index (χ3v) is 3.41. The summed E-state index contributed by atoms with van der Waals surface area (Å²) in [5, 5.41) is 1.06. The van der Waals surface area contributed by atoms with Crippen LogP contribution in [0.2, 0.25) is 10.0 Å². The van der Waals surface area contributed by atoms with Crippen molar-refractivity contribution in [2.45, 2.75) is 32.2 Å². The van der Waals surface area contributed by atoms with Crippen LogP contribution < -0.4 is 5.73 Å². The lowest BCUT2D eigenvalue weighted by Gasteiger charge is -2.06. The van der Waals surface area contributed by atoms with Crippen LogP contribution in [0.15, 0.2) is 12.1 Å². The van der Waals surface area contributed by atoms with Gasteiger partial charge < -0.3 is 10.7 Å². The topological polar surface area (TPSA) is 54.7 Å². The SMILES string of the molecule is CCCC(N)Cc1nc2cc(Cl)c(Cl)cc2[nH]1. The van der Waals surface area contributed by atoms with Crippen LogP contribution in [-0.4, -0.2) is 16.0 Å². The molecule has 1 atom stereocenters. The summed E-state index contributed by atoms with van der Waals surface area (Å²) in [6.45, 7) is 2.12. The maximum absolute atomic E-state index is 5.99. The van der Waals surface area contributed by atoms with Crippen molar-refractivity contribution >= 4 is 34.2 Å². The van der Waals surface area contributed by atoms with E-state index in [-0.39, 0.29) is 6.04 Å². The van der Waals surface area contributed by atoms with Gasteiger partial charge in [0.15, 0.2) is 0 Å². The van der Waals surface area contributed by atoms with E-state index in [9.17, 15) is 0 Å². The summed E-state index contributed by atoms with van der Waals surface area (Å²) in [6.07, 6.45) is 2.83. The number of fused-ring (bicyclic) bond motifs is 1. The minimum absolute atomic E-state index is 0.145. The molecule has 0 fully saturated rings. The Morgan fingerprint density at radius 1 is 1.35 bits per heavy atom. The summed E-state index contributed by atoms with van der Waals surface area (Å²) in [5.41, 5.74) is 7.72. The number of hydrogen-bond donors (Lipinski definition) is 2. The molecule has 0 aliphatic heterocycles. The van der Waals surface area contributed by atoms with Crippen LogP contribution >= 0.6 is 23.2 Å². The van der Waals surface area contributed by atoms with Gasteiger partial charge in [0.1, 0.15) is 5.82 Å². The molecule has 1 unspecified atom stereocenters. The van der Waals surface area contributed by atoms with E-state index in [1.54, 1.807) is 12.1 Å². The van der Waals surface area contributed by atoms with Gasteiger partial charge in [-0.2, -0.15) is 0 Å². The van der Waals surface area contributed by atoms with Crippen LogP contribution in [0, 0.1) is 0 Å². The van der Waals surface area contributed by atoms with Gasteiger partial charge in [-0.1, -0.05) is 36.5 Å². The van der Waals surface area contributed by atoms with E-state index in [1.165, 1.54) is 0 Å². The zero-order valence-corrected chi connectivity index (χ0v) is 11.1. The van der Waals surface area contributed by atoms with Crippen molar-refractivity contribution in [3.8, 4) is 0 Å². The molecule has 2 rings (SSSR count). The second-order valence-corrected chi connectivity index (χ2v) is 5.03. The molecule has 92 valence electrons. The van der Waals surface area contributed by atoms with Gasteiger partial charge >= 0.3 is 0 Å². The summed E-state index contributed by atoms with van der Waals surface area (Å²) in [4.78, 5) is 7.68. The van der Waals surface area contributed by atoms with Crippen molar-refractivity contribution in [1.29, 1.82) is 0 Å². The van der Waals surface area contributed by atoms with E-state index in [1.807, 2.05) is 0 Å². The largest absolute Gasteiger partial charge is 0.342 e. The molecule has 1 aromatic heterocycles. The van der Waals surface area contributed by atoms with Gasteiger partial charge in [-0.25, -0.2) is 4.98 Å². The number of H-pyrrole nitrogens is 1. The maximum atomic E-state index is 5.99. The minimum Gasteiger partial charge on any atom is -0.342 e. The van der Waals surface area contributed by atoms with Crippen LogP contribution in [0.4, 0.5) is 0 Å². The molecule has 2 aromatic rings. The molecule has 0 aliphatic rings. The highest BCUT2D eigenvalue weighted by Gasteiger charge is 2.09. The van der Waals surface area contributed by atoms with Crippen LogP contribution in [-0.2, 0) is 6.42 Å². The average molecular weight is 272 g/mol. The first-order valence-corrected chi connectivity index (χ1v) is 6.45. The highest BCUT2D eigenvalue weighted by molar-refractivity contribution is 6.42. The van der Waals surface area contributed by atoms with Crippen LogP contribution in [0.5, 0.6) is 0 Å². The molecule has 0 radical (unpaired) electrons. The molecule has 5 heteroatoms. The normalized spacial score (nSPS) is 13.2.